The third kappa shape index (κ3) is 2.43. The summed E-state index contributed by atoms with van der Waals surface area (Å²) in [5.41, 5.74) is 0.188. The van der Waals surface area contributed by atoms with Gasteiger partial charge >= 0.3 is 0 Å². The Balaban J connectivity index is 2.95. The molecule has 0 spiro atoms. The minimum absolute atomic E-state index is 0.218. The average Bonchev–Trinajstić information content (AvgIpc) is 2.13. The highest BCUT2D eigenvalue weighted by Gasteiger charge is 2.21. The molecule has 1 amide bonds. The molecule has 80 valence electrons. The van der Waals surface area contributed by atoms with Gasteiger partial charge in [-0.25, -0.2) is 0 Å². The zero-order valence-corrected chi connectivity index (χ0v) is 8.14. The maximum atomic E-state index is 11.1. The minimum atomic E-state index is -0.631. The molecule has 0 aromatic heterocycles. The molecule has 0 aliphatic carbocycles. The van der Waals surface area contributed by atoms with Crippen LogP contribution in [-0.4, -0.2) is 34.4 Å². The summed E-state index contributed by atoms with van der Waals surface area (Å²) in [5.74, 6) is -0.926. The van der Waals surface area contributed by atoms with E-state index in [0.717, 1.165) is 0 Å². The molecule has 0 aromatic rings. The largest absolute Gasteiger partial charge is 0.503 e. The van der Waals surface area contributed by atoms with E-state index in [-0.39, 0.29) is 12.2 Å². The number of aliphatic hydroxyl groups excluding tert-OH is 1. The van der Waals surface area contributed by atoms with Crippen molar-refractivity contribution in [1.82, 2.24) is 4.90 Å². The van der Waals surface area contributed by atoms with E-state index in [1.165, 1.54) is 24.1 Å². The Morgan fingerprint density at radius 2 is 2.40 bits per heavy atom. The average molecular weight is 210 g/mol. The number of allylic oxidation sites excluding steroid dienone is 1. The van der Waals surface area contributed by atoms with Gasteiger partial charge in [0.2, 0.25) is 0 Å². The van der Waals surface area contributed by atoms with E-state index in [9.17, 15) is 20.0 Å². The maximum Gasteiger partial charge on any atom is 0.288 e. The van der Waals surface area contributed by atoms with Crippen LogP contribution in [0.5, 0.6) is 0 Å². The second-order valence-corrected chi connectivity index (χ2v) is 3.16. The molecule has 6 heteroatoms. The number of amides is 1. The summed E-state index contributed by atoms with van der Waals surface area (Å²) in [6.07, 6.45) is 2.43. The van der Waals surface area contributed by atoms with Gasteiger partial charge in [0.15, 0.2) is 5.76 Å². The predicted octanol–water partition coefficient (Wildman–Crippen LogP) is 0.617. The molecule has 0 fully saturated rings. The number of carbonyl (C=O) groups is 1. The molecule has 1 aliphatic heterocycles. The molecular weight excluding hydrogens is 200 g/mol. The molecule has 0 saturated heterocycles. The highest BCUT2D eigenvalue weighted by Crippen LogP contribution is 2.14. The van der Waals surface area contributed by atoms with Crippen molar-refractivity contribution in [1.29, 1.82) is 0 Å². The van der Waals surface area contributed by atoms with Crippen LogP contribution in [0.3, 0.4) is 0 Å². The van der Waals surface area contributed by atoms with Gasteiger partial charge in [0.25, 0.3) is 11.6 Å². The van der Waals surface area contributed by atoms with Crippen molar-refractivity contribution >= 4 is 5.91 Å². The maximum absolute atomic E-state index is 11.1. The summed E-state index contributed by atoms with van der Waals surface area (Å²) in [4.78, 5) is 22.0. The summed E-state index contributed by atoms with van der Waals surface area (Å²) < 4.78 is 0. The standard InChI is InChI=1S/C9H10N2O4/c1-6(11(14)15)3-7-4-8(12)9(13)10(2)5-7/h3-4,12H,1,5H2,2H3/b7-3-. The third-order valence-corrected chi connectivity index (χ3v) is 1.89. The Kier molecular flexibility index (Phi) is 2.89. The lowest BCUT2D eigenvalue weighted by atomic mass is 10.1. The fourth-order valence-corrected chi connectivity index (χ4v) is 1.18. The second kappa shape index (κ2) is 3.95. The number of rotatable bonds is 2. The van der Waals surface area contributed by atoms with Gasteiger partial charge in [0.1, 0.15) is 0 Å². The molecule has 0 bridgehead atoms. The molecule has 1 rings (SSSR count). The number of nitrogens with zero attached hydrogens (tertiary/aromatic N) is 2. The first-order valence-electron chi connectivity index (χ1n) is 4.12. The van der Waals surface area contributed by atoms with Crippen molar-refractivity contribution in [3.05, 3.63) is 45.9 Å². The van der Waals surface area contributed by atoms with Crippen molar-refractivity contribution in [3.63, 3.8) is 0 Å². The van der Waals surface area contributed by atoms with Gasteiger partial charge in [-0.2, -0.15) is 0 Å². The number of aliphatic hydroxyl groups is 1. The van der Waals surface area contributed by atoms with Crippen LogP contribution in [0.2, 0.25) is 0 Å². The monoisotopic (exact) mass is 210 g/mol. The Labute approximate surface area is 86.0 Å². The van der Waals surface area contributed by atoms with Gasteiger partial charge in [-0.3, -0.25) is 14.9 Å². The Hall–Kier alpha value is -2.11. The predicted molar refractivity (Wildman–Crippen MR) is 52.6 cm³/mol. The minimum Gasteiger partial charge on any atom is -0.503 e. The van der Waals surface area contributed by atoms with Crippen molar-refractivity contribution in [2.24, 2.45) is 0 Å². The molecule has 0 saturated carbocycles. The number of nitro groups is 1. The molecule has 0 atom stereocenters. The van der Waals surface area contributed by atoms with Crippen molar-refractivity contribution < 1.29 is 14.8 Å². The summed E-state index contributed by atoms with van der Waals surface area (Å²) in [6.45, 7) is 3.45. The summed E-state index contributed by atoms with van der Waals surface area (Å²) in [6, 6.07) is 0. The lowest BCUT2D eigenvalue weighted by molar-refractivity contribution is -0.418. The van der Waals surface area contributed by atoms with Crippen LogP contribution >= 0.6 is 0 Å². The Morgan fingerprint density at radius 3 is 2.87 bits per heavy atom. The molecular formula is C9H10N2O4. The second-order valence-electron chi connectivity index (χ2n) is 3.16. The molecule has 1 heterocycles. The van der Waals surface area contributed by atoms with Gasteiger partial charge in [0.05, 0.1) is 4.92 Å². The first-order chi connectivity index (χ1) is 6.91. The van der Waals surface area contributed by atoms with E-state index in [0.29, 0.717) is 5.57 Å². The van der Waals surface area contributed by atoms with Crippen LogP contribution in [0.1, 0.15) is 0 Å². The summed E-state index contributed by atoms with van der Waals surface area (Å²) in [5, 5.41) is 19.5. The van der Waals surface area contributed by atoms with Crippen molar-refractivity contribution in [2.75, 3.05) is 13.6 Å². The first kappa shape index (κ1) is 11.0. The number of carbonyl (C=O) groups excluding carboxylic acids is 1. The van der Waals surface area contributed by atoms with Crippen LogP contribution in [0.4, 0.5) is 0 Å². The van der Waals surface area contributed by atoms with E-state index in [4.69, 9.17) is 0 Å². The van der Waals surface area contributed by atoms with Crippen molar-refractivity contribution in [3.8, 4) is 0 Å². The van der Waals surface area contributed by atoms with Crippen LogP contribution in [-0.2, 0) is 4.79 Å². The number of hydrogen-bond donors (Lipinski definition) is 1. The highest BCUT2D eigenvalue weighted by atomic mass is 16.6. The number of likely N-dealkylation sites (N-methyl/N-ethyl adjacent to an activating group) is 1. The molecule has 1 aliphatic rings. The van der Waals surface area contributed by atoms with E-state index < -0.39 is 16.6 Å². The van der Waals surface area contributed by atoms with E-state index >= 15 is 0 Å². The van der Waals surface area contributed by atoms with Gasteiger partial charge < -0.3 is 10.0 Å². The molecule has 0 unspecified atom stereocenters. The molecule has 15 heavy (non-hydrogen) atoms. The Bertz CT molecular complexity index is 395. The molecule has 0 radical (unpaired) electrons. The lowest BCUT2D eigenvalue weighted by Crippen LogP contribution is -2.33. The highest BCUT2D eigenvalue weighted by molar-refractivity contribution is 5.92. The van der Waals surface area contributed by atoms with Gasteiger partial charge in [-0.05, 0) is 18.2 Å². The topological polar surface area (TPSA) is 83.7 Å². The van der Waals surface area contributed by atoms with Gasteiger partial charge in [0, 0.05) is 19.7 Å². The smallest absolute Gasteiger partial charge is 0.288 e. The van der Waals surface area contributed by atoms with E-state index in [1.54, 1.807) is 0 Å². The summed E-state index contributed by atoms with van der Waals surface area (Å²) >= 11 is 0. The molecule has 1 N–H and O–H groups in total. The normalized spacial score (nSPS) is 19.0. The fraction of sp³-hybridized carbons (Fsp3) is 0.222. The first-order valence-corrected chi connectivity index (χ1v) is 4.12. The van der Waals surface area contributed by atoms with Crippen LogP contribution in [0, 0.1) is 10.1 Å². The Morgan fingerprint density at radius 1 is 1.80 bits per heavy atom. The van der Waals surface area contributed by atoms with E-state index in [1.807, 2.05) is 0 Å². The SMILES string of the molecule is C=C(/C=C1/C=C(O)C(=O)N(C)C1)[N+](=O)[O-]. The van der Waals surface area contributed by atoms with E-state index in [2.05, 4.69) is 6.58 Å². The fourth-order valence-electron chi connectivity index (χ4n) is 1.18. The quantitative estimate of drug-likeness (QED) is 0.534. The zero-order chi connectivity index (χ0) is 11.6. The summed E-state index contributed by atoms with van der Waals surface area (Å²) in [7, 11) is 1.49. The van der Waals surface area contributed by atoms with Gasteiger partial charge in [-0.15, -0.1) is 0 Å². The third-order valence-electron chi connectivity index (χ3n) is 1.89. The van der Waals surface area contributed by atoms with Crippen LogP contribution in [0.15, 0.2) is 35.8 Å². The molecule has 0 aromatic carbocycles. The lowest BCUT2D eigenvalue weighted by Gasteiger charge is -2.21. The van der Waals surface area contributed by atoms with Crippen LogP contribution < -0.4 is 0 Å². The number of hydrogen-bond acceptors (Lipinski definition) is 4. The van der Waals surface area contributed by atoms with Gasteiger partial charge in [-0.1, -0.05) is 0 Å². The van der Waals surface area contributed by atoms with Crippen molar-refractivity contribution in [2.45, 2.75) is 0 Å². The molecule has 6 nitrogen and oxygen atoms in total. The van der Waals surface area contributed by atoms with Crippen LogP contribution in [0.25, 0.3) is 0 Å². The zero-order valence-electron chi connectivity index (χ0n) is 8.14.